The topological polar surface area (TPSA) is 44.5 Å². The van der Waals surface area contributed by atoms with E-state index in [4.69, 9.17) is 15.2 Å². The summed E-state index contributed by atoms with van der Waals surface area (Å²) in [6, 6.07) is 26.6. The van der Waals surface area contributed by atoms with Crippen molar-refractivity contribution in [2.45, 2.75) is 32.5 Å². The lowest BCUT2D eigenvalue weighted by atomic mass is 10.1. The largest absolute Gasteiger partial charge is 0.485 e. The van der Waals surface area contributed by atoms with Gasteiger partial charge in [0.05, 0.1) is 0 Å². The average molecular weight is 361 g/mol. The van der Waals surface area contributed by atoms with E-state index in [0.717, 1.165) is 48.4 Å². The van der Waals surface area contributed by atoms with Crippen molar-refractivity contribution in [3.8, 4) is 11.5 Å². The van der Waals surface area contributed by atoms with Crippen LogP contribution in [0.2, 0.25) is 0 Å². The van der Waals surface area contributed by atoms with Crippen LogP contribution in [0, 0.1) is 0 Å². The van der Waals surface area contributed by atoms with Crippen LogP contribution in [0.15, 0.2) is 78.9 Å². The highest BCUT2D eigenvalue weighted by molar-refractivity contribution is 5.43. The fourth-order valence-electron chi connectivity index (χ4n) is 2.88. The minimum atomic E-state index is 0.523. The molecule has 0 heterocycles. The number of hydrogen-bond donors (Lipinski definition) is 1. The van der Waals surface area contributed by atoms with E-state index >= 15 is 0 Å². The van der Waals surface area contributed by atoms with Gasteiger partial charge in [-0.1, -0.05) is 66.7 Å². The molecule has 0 radical (unpaired) electrons. The third-order valence-corrected chi connectivity index (χ3v) is 4.40. The molecule has 0 fully saturated rings. The number of unbranched alkanes of at least 4 members (excludes halogenated alkanes) is 1. The Hall–Kier alpha value is -2.78. The standard InChI is InChI=1S/C24H27NO2/c25-16-8-7-9-20-14-15-23(26-18-21-10-3-1-4-11-21)24(17-20)27-19-22-12-5-2-6-13-22/h1-6,10-15,17H,7-9,16,18-19,25H2. The summed E-state index contributed by atoms with van der Waals surface area (Å²) in [5.74, 6) is 1.57. The lowest BCUT2D eigenvalue weighted by Crippen LogP contribution is -2.02. The number of hydrogen-bond acceptors (Lipinski definition) is 3. The van der Waals surface area contributed by atoms with Crippen LogP contribution in [0.25, 0.3) is 0 Å². The van der Waals surface area contributed by atoms with Crippen molar-refractivity contribution in [3.05, 3.63) is 95.6 Å². The Labute approximate surface area is 161 Å². The molecule has 0 aliphatic rings. The van der Waals surface area contributed by atoms with Gasteiger partial charge in [0, 0.05) is 0 Å². The quantitative estimate of drug-likeness (QED) is 0.509. The summed E-state index contributed by atoms with van der Waals surface area (Å²) < 4.78 is 12.2. The summed E-state index contributed by atoms with van der Waals surface area (Å²) >= 11 is 0. The molecular formula is C24H27NO2. The van der Waals surface area contributed by atoms with Crippen LogP contribution in [-0.2, 0) is 19.6 Å². The van der Waals surface area contributed by atoms with Gasteiger partial charge < -0.3 is 15.2 Å². The Morgan fingerprint density at radius 3 is 1.78 bits per heavy atom. The molecule has 0 saturated carbocycles. The molecule has 2 N–H and O–H groups in total. The zero-order chi connectivity index (χ0) is 18.7. The molecule has 0 aliphatic heterocycles. The summed E-state index contributed by atoms with van der Waals surface area (Å²) in [6.07, 6.45) is 3.11. The van der Waals surface area contributed by atoms with E-state index in [1.807, 2.05) is 42.5 Å². The van der Waals surface area contributed by atoms with Gasteiger partial charge in [0.15, 0.2) is 11.5 Å². The smallest absolute Gasteiger partial charge is 0.161 e. The van der Waals surface area contributed by atoms with Crippen LogP contribution >= 0.6 is 0 Å². The van der Waals surface area contributed by atoms with Crippen molar-refractivity contribution in [3.63, 3.8) is 0 Å². The second-order valence-electron chi connectivity index (χ2n) is 6.58. The zero-order valence-corrected chi connectivity index (χ0v) is 15.6. The Morgan fingerprint density at radius 2 is 1.19 bits per heavy atom. The molecule has 140 valence electrons. The summed E-state index contributed by atoms with van der Waals surface area (Å²) in [6.45, 7) is 1.78. The van der Waals surface area contributed by atoms with Gasteiger partial charge in [-0.2, -0.15) is 0 Å². The van der Waals surface area contributed by atoms with Crippen molar-refractivity contribution in [2.75, 3.05) is 6.54 Å². The van der Waals surface area contributed by atoms with Gasteiger partial charge in [-0.15, -0.1) is 0 Å². The molecule has 3 heteroatoms. The fraction of sp³-hybridized carbons (Fsp3) is 0.250. The van der Waals surface area contributed by atoms with Gasteiger partial charge in [-0.3, -0.25) is 0 Å². The number of rotatable bonds is 10. The Balaban J connectivity index is 1.71. The molecule has 3 rings (SSSR count). The zero-order valence-electron chi connectivity index (χ0n) is 15.6. The normalized spacial score (nSPS) is 10.6. The van der Waals surface area contributed by atoms with Gasteiger partial charge in [0.2, 0.25) is 0 Å². The SMILES string of the molecule is NCCCCc1ccc(OCc2ccccc2)c(OCc2ccccc2)c1. The Bertz CT molecular complexity index is 803. The molecule has 27 heavy (non-hydrogen) atoms. The number of nitrogens with two attached hydrogens (primary N) is 1. The van der Waals surface area contributed by atoms with Crippen LogP contribution in [0.5, 0.6) is 11.5 Å². The first-order valence-corrected chi connectivity index (χ1v) is 9.51. The van der Waals surface area contributed by atoms with Crippen LogP contribution in [0.4, 0.5) is 0 Å². The van der Waals surface area contributed by atoms with E-state index in [9.17, 15) is 0 Å². The lowest BCUT2D eigenvalue weighted by Gasteiger charge is -2.15. The Kier molecular flexibility index (Phi) is 7.31. The number of aryl methyl sites for hydroxylation is 1. The predicted octanol–water partition coefficient (Wildman–Crippen LogP) is 5.13. The van der Waals surface area contributed by atoms with Gasteiger partial charge in [-0.05, 0) is 54.6 Å². The van der Waals surface area contributed by atoms with E-state index in [1.54, 1.807) is 0 Å². The lowest BCUT2D eigenvalue weighted by molar-refractivity contribution is 0.255. The average Bonchev–Trinajstić information content (AvgIpc) is 2.73. The molecule has 0 aliphatic carbocycles. The van der Waals surface area contributed by atoms with Crippen molar-refractivity contribution >= 4 is 0 Å². The Morgan fingerprint density at radius 1 is 0.593 bits per heavy atom. The third kappa shape index (κ3) is 6.15. The molecule has 0 amide bonds. The van der Waals surface area contributed by atoms with Crippen molar-refractivity contribution in [1.29, 1.82) is 0 Å². The highest BCUT2D eigenvalue weighted by Gasteiger charge is 2.08. The monoisotopic (exact) mass is 361 g/mol. The molecule has 0 saturated heterocycles. The molecular weight excluding hydrogens is 334 g/mol. The van der Waals surface area contributed by atoms with Crippen molar-refractivity contribution in [2.24, 2.45) is 5.73 Å². The number of benzene rings is 3. The summed E-state index contributed by atoms with van der Waals surface area (Å²) in [4.78, 5) is 0. The first kappa shape index (κ1) is 19.0. The van der Waals surface area contributed by atoms with E-state index < -0.39 is 0 Å². The minimum Gasteiger partial charge on any atom is -0.485 e. The fourth-order valence-corrected chi connectivity index (χ4v) is 2.88. The summed E-state index contributed by atoms with van der Waals surface area (Å²) in [5, 5.41) is 0. The molecule has 0 bridgehead atoms. The highest BCUT2D eigenvalue weighted by Crippen LogP contribution is 2.30. The maximum absolute atomic E-state index is 6.11. The second kappa shape index (κ2) is 10.4. The summed E-state index contributed by atoms with van der Waals surface area (Å²) in [5.41, 5.74) is 9.13. The van der Waals surface area contributed by atoms with E-state index in [-0.39, 0.29) is 0 Å². The molecule has 3 nitrogen and oxygen atoms in total. The maximum atomic E-state index is 6.11. The second-order valence-corrected chi connectivity index (χ2v) is 6.58. The molecule has 0 atom stereocenters. The predicted molar refractivity (Wildman–Crippen MR) is 110 cm³/mol. The maximum Gasteiger partial charge on any atom is 0.161 e. The van der Waals surface area contributed by atoms with E-state index in [1.165, 1.54) is 5.56 Å². The van der Waals surface area contributed by atoms with Crippen molar-refractivity contribution in [1.82, 2.24) is 0 Å². The third-order valence-electron chi connectivity index (χ3n) is 4.40. The van der Waals surface area contributed by atoms with Gasteiger partial charge >= 0.3 is 0 Å². The van der Waals surface area contributed by atoms with E-state index in [2.05, 4.69) is 36.4 Å². The molecule has 3 aromatic rings. The van der Waals surface area contributed by atoms with Crippen LogP contribution in [0.1, 0.15) is 29.5 Å². The minimum absolute atomic E-state index is 0.523. The summed E-state index contributed by atoms with van der Waals surface area (Å²) in [7, 11) is 0. The number of ether oxygens (including phenoxy) is 2. The molecule has 0 unspecified atom stereocenters. The van der Waals surface area contributed by atoms with Gasteiger partial charge in [-0.25, -0.2) is 0 Å². The first-order valence-electron chi connectivity index (χ1n) is 9.51. The molecule has 0 aromatic heterocycles. The van der Waals surface area contributed by atoms with E-state index in [0.29, 0.717) is 13.2 Å². The molecule has 0 spiro atoms. The molecule has 3 aromatic carbocycles. The highest BCUT2D eigenvalue weighted by atomic mass is 16.5. The van der Waals surface area contributed by atoms with Crippen LogP contribution in [-0.4, -0.2) is 6.54 Å². The first-order chi connectivity index (χ1) is 13.3. The van der Waals surface area contributed by atoms with Crippen LogP contribution in [0.3, 0.4) is 0 Å². The van der Waals surface area contributed by atoms with Crippen molar-refractivity contribution < 1.29 is 9.47 Å². The van der Waals surface area contributed by atoms with Gasteiger partial charge in [0.1, 0.15) is 13.2 Å². The van der Waals surface area contributed by atoms with Gasteiger partial charge in [0.25, 0.3) is 0 Å². The van der Waals surface area contributed by atoms with Crippen LogP contribution < -0.4 is 15.2 Å².